The molecular weight excluding hydrogens is 402 g/mol. The van der Waals surface area contributed by atoms with E-state index in [4.69, 9.17) is 0 Å². The molecule has 0 aliphatic carbocycles. The molecule has 3 aromatic rings. The third-order valence-electron chi connectivity index (χ3n) is 5.53. The number of nitrogens with zero attached hydrogens (tertiary/aromatic N) is 1. The van der Waals surface area contributed by atoms with Gasteiger partial charge in [-0.05, 0) is 66.9 Å². The van der Waals surface area contributed by atoms with Gasteiger partial charge in [-0.1, -0.05) is 19.1 Å². The molecule has 2 N–H and O–H groups in total. The average Bonchev–Trinajstić information content (AvgIpc) is 3.44. The fourth-order valence-electron chi connectivity index (χ4n) is 3.74. The Kier molecular flexibility index (Phi) is 6.28. The number of rotatable bonds is 6. The lowest BCUT2D eigenvalue weighted by atomic mass is 9.97. The van der Waals surface area contributed by atoms with Gasteiger partial charge in [0.05, 0.1) is 16.6 Å². The summed E-state index contributed by atoms with van der Waals surface area (Å²) < 4.78 is 0. The Balaban J connectivity index is 1.46. The summed E-state index contributed by atoms with van der Waals surface area (Å²) in [6.07, 6.45) is 2.36. The molecule has 0 saturated carbocycles. The van der Waals surface area contributed by atoms with Gasteiger partial charge in [-0.15, -0.1) is 22.7 Å². The van der Waals surface area contributed by atoms with Gasteiger partial charge in [0.2, 0.25) is 0 Å². The van der Waals surface area contributed by atoms with Gasteiger partial charge in [-0.25, -0.2) is 0 Å². The molecule has 1 saturated heterocycles. The number of likely N-dealkylation sites (tertiary alicyclic amines) is 1. The molecule has 152 valence electrons. The average molecular weight is 428 g/mol. The second kappa shape index (κ2) is 9.07. The molecule has 0 radical (unpaired) electrons. The minimum Gasteiger partial charge on any atom is -0.350 e. The number of hydrogen-bond acceptors (Lipinski definition) is 5. The molecule has 7 heteroatoms. The molecule has 4 heterocycles. The first-order valence-corrected chi connectivity index (χ1v) is 11.7. The second-order valence-corrected chi connectivity index (χ2v) is 9.48. The fraction of sp³-hybridized carbons (Fsp3) is 0.364. The van der Waals surface area contributed by atoms with Crippen molar-refractivity contribution in [2.24, 2.45) is 5.92 Å². The summed E-state index contributed by atoms with van der Waals surface area (Å²) in [5, 5.41) is 7.03. The van der Waals surface area contributed by atoms with Gasteiger partial charge in [0.15, 0.2) is 0 Å². The first-order chi connectivity index (χ1) is 14.1. The van der Waals surface area contributed by atoms with Crippen LogP contribution < -0.4 is 10.9 Å². The van der Waals surface area contributed by atoms with E-state index in [1.807, 2.05) is 17.5 Å². The molecule has 0 bridgehead atoms. The van der Waals surface area contributed by atoms with Crippen LogP contribution in [0.4, 0.5) is 0 Å². The van der Waals surface area contributed by atoms with E-state index >= 15 is 0 Å². The van der Waals surface area contributed by atoms with Crippen molar-refractivity contribution in [2.45, 2.75) is 25.8 Å². The van der Waals surface area contributed by atoms with E-state index in [0.717, 1.165) is 29.6 Å². The van der Waals surface area contributed by atoms with Crippen LogP contribution in [0.1, 0.15) is 41.0 Å². The summed E-state index contributed by atoms with van der Waals surface area (Å²) in [7, 11) is 0. The Morgan fingerprint density at radius 1 is 1.17 bits per heavy atom. The monoisotopic (exact) mass is 427 g/mol. The summed E-state index contributed by atoms with van der Waals surface area (Å²) in [4.78, 5) is 32.7. The summed E-state index contributed by atoms with van der Waals surface area (Å²) in [5.41, 5.74) is 0.538. The highest BCUT2D eigenvalue weighted by Crippen LogP contribution is 2.29. The maximum absolute atomic E-state index is 12.7. The van der Waals surface area contributed by atoms with Crippen molar-refractivity contribution in [1.29, 1.82) is 0 Å². The van der Waals surface area contributed by atoms with E-state index in [1.165, 1.54) is 17.7 Å². The van der Waals surface area contributed by atoms with Crippen LogP contribution in [-0.4, -0.2) is 35.4 Å². The molecule has 0 aromatic carbocycles. The number of thiophene rings is 2. The molecule has 1 aliphatic rings. The number of nitrogens with one attached hydrogen (secondary N) is 2. The van der Waals surface area contributed by atoms with Gasteiger partial charge in [0.1, 0.15) is 5.56 Å². The molecule has 1 aliphatic heterocycles. The van der Waals surface area contributed by atoms with Crippen molar-refractivity contribution in [1.82, 2.24) is 15.2 Å². The molecule has 5 nitrogen and oxygen atoms in total. The largest absolute Gasteiger partial charge is 0.350 e. The first-order valence-electron chi connectivity index (χ1n) is 9.94. The van der Waals surface area contributed by atoms with Gasteiger partial charge in [0.25, 0.3) is 11.5 Å². The summed E-state index contributed by atoms with van der Waals surface area (Å²) in [6.45, 7) is 4.87. The number of piperidine rings is 1. The zero-order chi connectivity index (χ0) is 20.2. The van der Waals surface area contributed by atoms with Crippen LogP contribution in [0, 0.1) is 5.92 Å². The van der Waals surface area contributed by atoms with Crippen molar-refractivity contribution in [3.8, 4) is 10.6 Å². The van der Waals surface area contributed by atoms with E-state index in [-0.39, 0.29) is 23.1 Å². The number of aromatic nitrogens is 1. The molecule has 1 amide bonds. The van der Waals surface area contributed by atoms with Crippen LogP contribution in [0.25, 0.3) is 10.6 Å². The highest BCUT2D eigenvalue weighted by atomic mass is 32.1. The van der Waals surface area contributed by atoms with Crippen molar-refractivity contribution in [3.05, 3.63) is 68.0 Å². The zero-order valence-corrected chi connectivity index (χ0v) is 18.0. The highest BCUT2D eigenvalue weighted by molar-refractivity contribution is 7.13. The smallest absolute Gasteiger partial charge is 0.261 e. The number of carbonyl (C=O) groups excluding carboxylic acids is 1. The van der Waals surface area contributed by atoms with E-state index in [1.54, 1.807) is 34.8 Å². The molecule has 0 unspecified atom stereocenters. The third-order valence-corrected chi connectivity index (χ3v) is 7.40. The molecule has 0 spiro atoms. The van der Waals surface area contributed by atoms with Gasteiger partial charge < -0.3 is 10.3 Å². The fourth-order valence-corrected chi connectivity index (χ4v) is 5.31. The van der Waals surface area contributed by atoms with Crippen molar-refractivity contribution in [2.75, 3.05) is 19.6 Å². The van der Waals surface area contributed by atoms with E-state index in [0.29, 0.717) is 6.54 Å². The first kappa shape index (κ1) is 20.1. The topological polar surface area (TPSA) is 65.2 Å². The highest BCUT2D eigenvalue weighted by Gasteiger charge is 2.26. The third kappa shape index (κ3) is 4.69. The normalized spacial score (nSPS) is 16.6. The number of aromatic amines is 1. The minimum atomic E-state index is -0.354. The van der Waals surface area contributed by atoms with Gasteiger partial charge in [0, 0.05) is 11.4 Å². The van der Waals surface area contributed by atoms with Crippen LogP contribution in [0.15, 0.2) is 52.0 Å². The van der Waals surface area contributed by atoms with Crippen molar-refractivity contribution in [3.63, 3.8) is 0 Å². The number of hydrogen-bond donors (Lipinski definition) is 2. The Labute approximate surface area is 178 Å². The van der Waals surface area contributed by atoms with Gasteiger partial charge in [-0.3, -0.25) is 14.5 Å². The molecule has 1 fully saturated rings. The van der Waals surface area contributed by atoms with Crippen molar-refractivity contribution >= 4 is 28.6 Å². The van der Waals surface area contributed by atoms with Crippen LogP contribution >= 0.6 is 22.7 Å². The number of H-pyrrole nitrogens is 1. The molecule has 4 rings (SSSR count). The standard InChI is InChI=1S/C22H25N3O2S2/c1-15-8-10-25(11-9-15)18(20-5-3-13-29-20)14-23-21(26)16-6-7-17(24-22(16)27)19-4-2-12-28-19/h2-7,12-13,15,18H,8-11,14H2,1H3,(H,23,26)(H,24,27)/t18-/m1/s1. The van der Waals surface area contributed by atoms with E-state index in [9.17, 15) is 9.59 Å². The number of pyridine rings is 1. The number of amides is 1. The second-order valence-electron chi connectivity index (χ2n) is 7.55. The predicted octanol–water partition coefficient (Wildman–Crippen LogP) is 4.37. The van der Waals surface area contributed by atoms with Crippen molar-refractivity contribution < 1.29 is 4.79 Å². The lowest BCUT2D eigenvalue weighted by molar-refractivity contribution is 0.0913. The molecule has 3 aromatic heterocycles. The maximum atomic E-state index is 12.7. The SMILES string of the molecule is CC1CCN([C@H](CNC(=O)c2ccc(-c3cccs3)[nH]c2=O)c2cccs2)CC1. The van der Waals surface area contributed by atoms with Gasteiger partial charge in [-0.2, -0.15) is 0 Å². The van der Waals surface area contributed by atoms with E-state index < -0.39 is 0 Å². The summed E-state index contributed by atoms with van der Waals surface area (Å²) in [6, 6.07) is 11.6. The van der Waals surface area contributed by atoms with Crippen LogP contribution in [0.5, 0.6) is 0 Å². The minimum absolute atomic E-state index is 0.149. The van der Waals surface area contributed by atoms with Crippen LogP contribution in [0.3, 0.4) is 0 Å². The molecule has 1 atom stereocenters. The Morgan fingerprint density at radius 3 is 2.59 bits per heavy atom. The number of carbonyl (C=O) groups is 1. The Morgan fingerprint density at radius 2 is 1.93 bits per heavy atom. The predicted molar refractivity (Wildman–Crippen MR) is 120 cm³/mol. The van der Waals surface area contributed by atoms with Gasteiger partial charge >= 0.3 is 0 Å². The zero-order valence-electron chi connectivity index (χ0n) is 16.4. The summed E-state index contributed by atoms with van der Waals surface area (Å²) >= 11 is 3.27. The summed E-state index contributed by atoms with van der Waals surface area (Å²) in [5.74, 6) is 0.432. The Hall–Kier alpha value is -2.22. The maximum Gasteiger partial charge on any atom is 0.261 e. The van der Waals surface area contributed by atoms with E-state index in [2.05, 4.69) is 39.6 Å². The molecule has 29 heavy (non-hydrogen) atoms. The quantitative estimate of drug-likeness (QED) is 0.614. The Bertz CT molecular complexity index is 988. The van der Waals surface area contributed by atoms with Crippen LogP contribution in [0.2, 0.25) is 0 Å². The lowest BCUT2D eigenvalue weighted by Gasteiger charge is -2.36. The van der Waals surface area contributed by atoms with Crippen LogP contribution in [-0.2, 0) is 0 Å². The molecular formula is C22H25N3O2S2. The lowest BCUT2D eigenvalue weighted by Crippen LogP contribution is -2.42.